The Morgan fingerprint density at radius 1 is 1.30 bits per heavy atom. The fourth-order valence-corrected chi connectivity index (χ4v) is 6.54. The molecule has 4 rings (SSSR count). The van der Waals surface area contributed by atoms with E-state index >= 15 is 0 Å². The van der Waals surface area contributed by atoms with Gasteiger partial charge in [0.25, 0.3) is 5.56 Å². The second-order valence-corrected chi connectivity index (χ2v) is 10.3. The number of rotatable bonds is 7. The van der Waals surface area contributed by atoms with Gasteiger partial charge in [0.15, 0.2) is 5.16 Å². The monoisotopic (exact) mass is 449 g/mol. The van der Waals surface area contributed by atoms with Crippen molar-refractivity contribution in [2.45, 2.75) is 76.6 Å². The molecule has 164 valence electrons. The Bertz CT molecular complexity index is 969. The number of thioether (sulfide) groups is 1. The highest BCUT2D eigenvalue weighted by molar-refractivity contribution is 7.99. The van der Waals surface area contributed by atoms with Gasteiger partial charge in [-0.25, -0.2) is 4.98 Å². The van der Waals surface area contributed by atoms with Crippen molar-refractivity contribution in [1.29, 1.82) is 0 Å². The van der Waals surface area contributed by atoms with E-state index in [2.05, 4.69) is 6.92 Å². The molecule has 0 spiro atoms. The van der Waals surface area contributed by atoms with Crippen LogP contribution in [0.3, 0.4) is 0 Å². The number of hydrogen-bond donors (Lipinski definition) is 0. The van der Waals surface area contributed by atoms with E-state index in [0.29, 0.717) is 37.2 Å². The highest BCUT2D eigenvalue weighted by Crippen LogP contribution is 2.34. The second kappa shape index (κ2) is 9.83. The molecule has 6 nitrogen and oxygen atoms in total. The van der Waals surface area contributed by atoms with Crippen molar-refractivity contribution >= 4 is 39.2 Å². The molecule has 0 bridgehead atoms. The molecule has 1 saturated heterocycles. The number of nitrogens with zero attached hydrogens (tertiary/aromatic N) is 3. The van der Waals surface area contributed by atoms with Crippen LogP contribution in [-0.2, 0) is 28.9 Å². The van der Waals surface area contributed by atoms with Crippen LogP contribution in [0.1, 0.15) is 56.4 Å². The van der Waals surface area contributed by atoms with Crippen molar-refractivity contribution < 1.29 is 9.53 Å². The van der Waals surface area contributed by atoms with Crippen LogP contribution in [0.5, 0.6) is 0 Å². The zero-order valence-corrected chi connectivity index (χ0v) is 19.6. The maximum atomic E-state index is 13.5. The SMILES string of the molecule is CCCCCn1c(SCC(=O)N2CCOC(C)C2)nc2sc3c(c2c1=O)CCCC3. The molecule has 0 radical (unpaired) electrons. The number of amides is 1. The van der Waals surface area contributed by atoms with Gasteiger partial charge in [-0.2, -0.15) is 0 Å². The Morgan fingerprint density at radius 2 is 2.13 bits per heavy atom. The Hall–Kier alpha value is -1.38. The van der Waals surface area contributed by atoms with Crippen LogP contribution in [-0.4, -0.2) is 51.9 Å². The van der Waals surface area contributed by atoms with E-state index in [9.17, 15) is 9.59 Å². The van der Waals surface area contributed by atoms with E-state index in [1.807, 2.05) is 16.4 Å². The molecule has 1 unspecified atom stereocenters. The number of fused-ring (bicyclic) bond motifs is 3. The van der Waals surface area contributed by atoms with E-state index in [-0.39, 0.29) is 17.6 Å². The molecule has 1 aliphatic carbocycles. The smallest absolute Gasteiger partial charge is 0.263 e. The minimum Gasteiger partial charge on any atom is -0.375 e. The van der Waals surface area contributed by atoms with E-state index in [1.165, 1.54) is 28.6 Å². The summed E-state index contributed by atoms with van der Waals surface area (Å²) in [6.45, 7) is 6.68. The third-order valence-electron chi connectivity index (χ3n) is 5.94. The summed E-state index contributed by atoms with van der Waals surface area (Å²) in [7, 11) is 0. The first-order chi connectivity index (χ1) is 14.6. The normalized spacial score (nSPS) is 19.3. The Balaban J connectivity index is 1.61. The van der Waals surface area contributed by atoms with E-state index < -0.39 is 0 Å². The Labute approximate surface area is 186 Å². The number of unbranched alkanes of at least 4 members (excludes halogenated alkanes) is 2. The fraction of sp³-hybridized carbons (Fsp3) is 0.682. The summed E-state index contributed by atoms with van der Waals surface area (Å²) in [6.07, 6.45) is 7.61. The lowest BCUT2D eigenvalue weighted by atomic mass is 9.97. The van der Waals surface area contributed by atoms with E-state index in [1.54, 1.807) is 11.3 Å². The van der Waals surface area contributed by atoms with Gasteiger partial charge in [-0.3, -0.25) is 14.2 Å². The van der Waals surface area contributed by atoms with Crippen LogP contribution in [0.15, 0.2) is 9.95 Å². The number of aromatic nitrogens is 2. The van der Waals surface area contributed by atoms with E-state index in [4.69, 9.17) is 9.72 Å². The lowest BCUT2D eigenvalue weighted by Crippen LogP contribution is -2.45. The lowest BCUT2D eigenvalue weighted by Gasteiger charge is -2.31. The first kappa shape index (κ1) is 21.8. The molecule has 0 saturated carbocycles. The van der Waals surface area contributed by atoms with Crippen LogP contribution >= 0.6 is 23.1 Å². The fourth-order valence-electron chi connectivity index (χ4n) is 4.31. The molecule has 1 atom stereocenters. The zero-order chi connectivity index (χ0) is 21.1. The average molecular weight is 450 g/mol. The van der Waals surface area contributed by atoms with Gasteiger partial charge in [0.2, 0.25) is 5.91 Å². The van der Waals surface area contributed by atoms with Crippen LogP contribution in [0.25, 0.3) is 10.2 Å². The molecule has 2 aromatic heterocycles. The molecule has 30 heavy (non-hydrogen) atoms. The number of carbonyl (C=O) groups excluding carboxylic acids is 1. The number of morpholine rings is 1. The van der Waals surface area contributed by atoms with Gasteiger partial charge in [-0.1, -0.05) is 31.5 Å². The molecule has 2 aromatic rings. The van der Waals surface area contributed by atoms with Crippen molar-refractivity contribution in [3.05, 3.63) is 20.8 Å². The summed E-state index contributed by atoms with van der Waals surface area (Å²) in [5.74, 6) is 0.402. The number of aryl methyl sites for hydroxylation is 2. The molecule has 1 fully saturated rings. The van der Waals surface area contributed by atoms with Gasteiger partial charge >= 0.3 is 0 Å². The quantitative estimate of drug-likeness (QED) is 0.365. The standard InChI is InChI=1S/C22H31N3O3S2/c1-3-4-7-10-25-21(27)19-16-8-5-6-9-17(16)30-20(19)23-22(25)29-14-18(26)24-11-12-28-15(2)13-24/h15H,3-14H2,1-2H3. The first-order valence-corrected chi connectivity index (χ1v) is 13.0. The molecule has 1 amide bonds. The largest absolute Gasteiger partial charge is 0.375 e. The second-order valence-electron chi connectivity index (χ2n) is 8.26. The third kappa shape index (κ3) is 4.60. The summed E-state index contributed by atoms with van der Waals surface area (Å²) in [6, 6.07) is 0. The maximum absolute atomic E-state index is 13.5. The third-order valence-corrected chi connectivity index (χ3v) is 8.09. The van der Waals surface area contributed by atoms with E-state index in [0.717, 1.165) is 48.7 Å². The van der Waals surface area contributed by atoms with Gasteiger partial charge in [0, 0.05) is 24.5 Å². The molecule has 0 N–H and O–H groups in total. The van der Waals surface area contributed by atoms with Gasteiger partial charge in [-0.05, 0) is 44.6 Å². The van der Waals surface area contributed by atoms with Crippen molar-refractivity contribution in [3.63, 3.8) is 0 Å². The number of ether oxygens (including phenoxy) is 1. The van der Waals surface area contributed by atoms with Crippen molar-refractivity contribution in [2.24, 2.45) is 0 Å². The van der Waals surface area contributed by atoms with Gasteiger partial charge in [0.05, 0.1) is 23.8 Å². The molecule has 0 aromatic carbocycles. The summed E-state index contributed by atoms with van der Waals surface area (Å²) < 4.78 is 7.37. The van der Waals surface area contributed by atoms with Gasteiger partial charge in [-0.15, -0.1) is 11.3 Å². The topological polar surface area (TPSA) is 64.4 Å². The summed E-state index contributed by atoms with van der Waals surface area (Å²) >= 11 is 3.09. The Kier molecular flexibility index (Phi) is 7.16. The number of hydrogen-bond acceptors (Lipinski definition) is 6. The number of carbonyl (C=O) groups is 1. The lowest BCUT2D eigenvalue weighted by molar-refractivity contribution is -0.135. The molecular weight excluding hydrogens is 418 g/mol. The first-order valence-electron chi connectivity index (χ1n) is 11.2. The molecular formula is C22H31N3O3S2. The number of thiophene rings is 1. The predicted molar refractivity (Wildman–Crippen MR) is 123 cm³/mol. The van der Waals surface area contributed by atoms with Gasteiger partial charge in [0.1, 0.15) is 4.83 Å². The highest BCUT2D eigenvalue weighted by atomic mass is 32.2. The summed E-state index contributed by atoms with van der Waals surface area (Å²) in [5, 5.41) is 1.53. The molecule has 1 aliphatic heterocycles. The van der Waals surface area contributed by atoms with Gasteiger partial charge < -0.3 is 9.64 Å². The predicted octanol–water partition coefficient (Wildman–Crippen LogP) is 3.87. The summed E-state index contributed by atoms with van der Waals surface area (Å²) in [5.41, 5.74) is 1.32. The van der Waals surface area contributed by atoms with Crippen molar-refractivity contribution in [2.75, 3.05) is 25.4 Å². The van der Waals surface area contributed by atoms with Crippen LogP contribution in [0, 0.1) is 0 Å². The zero-order valence-electron chi connectivity index (χ0n) is 17.9. The minimum atomic E-state index is 0.0758. The van der Waals surface area contributed by atoms with Crippen molar-refractivity contribution in [3.8, 4) is 0 Å². The molecule has 2 aliphatic rings. The summed E-state index contributed by atoms with van der Waals surface area (Å²) in [4.78, 5) is 35.2. The average Bonchev–Trinajstić information content (AvgIpc) is 3.12. The van der Waals surface area contributed by atoms with Crippen LogP contribution < -0.4 is 5.56 Å². The van der Waals surface area contributed by atoms with Crippen LogP contribution in [0.4, 0.5) is 0 Å². The molecule has 3 heterocycles. The molecule has 8 heteroatoms. The Morgan fingerprint density at radius 3 is 2.93 bits per heavy atom. The minimum absolute atomic E-state index is 0.0758. The van der Waals surface area contributed by atoms with Crippen LogP contribution in [0.2, 0.25) is 0 Å². The van der Waals surface area contributed by atoms with Crippen molar-refractivity contribution in [1.82, 2.24) is 14.5 Å². The maximum Gasteiger partial charge on any atom is 0.263 e. The highest BCUT2D eigenvalue weighted by Gasteiger charge is 2.24.